The van der Waals surface area contributed by atoms with Gasteiger partial charge in [-0.05, 0) is 17.2 Å². The van der Waals surface area contributed by atoms with E-state index in [4.69, 9.17) is 21.1 Å². The Labute approximate surface area is 168 Å². The molecule has 4 rings (SSSR count). The van der Waals surface area contributed by atoms with E-state index in [1.54, 1.807) is 28.8 Å². The van der Waals surface area contributed by atoms with Gasteiger partial charge in [-0.2, -0.15) is 0 Å². The van der Waals surface area contributed by atoms with Gasteiger partial charge in [-0.25, -0.2) is 0 Å². The standard InChI is InChI=1S/C21H20ClN3O3/c1-27-18-9-5-8-16(20(18)22)13-24-10-11-25-17(21(24)26)12-19(23-25)28-14-15-6-3-2-4-7-15/h2-9,12H,10-11,13-14H2,1H3. The van der Waals surface area contributed by atoms with E-state index >= 15 is 0 Å². The number of methoxy groups -OCH3 is 1. The van der Waals surface area contributed by atoms with Gasteiger partial charge in [0.25, 0.3) is 5.91 Å². The fourth-order valence-electron chi connectivity index (χ4n) is 3.21. The van der Waals surface area contributed by atoms with Crippen molar-refractivity contribution in [2.24, 2.45) is 0 Å². The van der Waals surface area contributed by atoms with Gasteiger partial charge < -0.3 is 14.4 Å². The molecule has 0 spiro atoms. The number of ether oxygens (including phenoxy) is 2. The Balaban J connectivity index is 1.47. The van der Waals surface area contributed by atoms with Crippen LogP contribution in [-0.4, -0.2) is 34.2 Å². The monoisotopic (exact) mass is 397 g/mol. The molecule has 0 fully saturated rings. The van der Waals surface area contributed by atoms with Crippen molar-refractivity contribution in [3.05, 3.63) is 76.4 Å². The maximum absolute atomic E-state index is 12.9. The molecule has 0 atom stereocenters. The first kappa shape index (κ1) is 18.4. The molecule has 0 bridgehead atoms. The molecule has 0 unspecified atom stereocenters. The van der Waals surface area contributed by atoms with Crippen molar-refractivity contribution in [2.45, 2.75) is 19.7 Å². The SMILES string of the molecule is COc1cccc(CN2CCn3nc(OCc4ccccc4)cc3C2=O)c1Cl. The molecule has 1 amide bonds. The van der Waals surface area contributed by atoms with Gasteiger partial charge in [0.05, 0.1) is 18.7 Å². The number of nitrogens with zero attached hydrogens (tertiary/aromatic N) is 3. The highest BCUT2D eigenvalue weighted by Gasteiger charge is 2.27. The van der Waals surface area contributed by atoms with E-state index in [1.165, 1.54) is 0 Å². The van der Waals surface area contributed by atoms with Crippen LogP contribution in [0.3, 0.4) is 0 Å². The molecule has 1 aliphatic rings. The average molecular weight is 398 g/mol. The Kier molecular flexibility index (Phi) is 5.21. The predicted molar refractivity (Wildman–Crippen MR) is 106 cm³/mol. The van der Waals surface area contributed by atoms with E-state index in [1.807, 2.05) is 42.5 Å². The molecule has 7 heteroatoms. The quantitative estimate of drug-likeness (QED) is 0.635. The van der Waals surface area contributed by atoms with Gasteiger partial charge in [-0.1, -0.05) is 54.1 Å². The van der Waals surface area contributed by atoms with Crippen LogP contribution in [0.1, 0.15) is 21.6 Å². The van der Waals surface area contributed by atoms with Crippen LogP contribution in [0, 0.1) is 0 Å². The molecule has 6 nitrogen and oxygen atoms in total. The van der Waals surface area contributed by atoms with E-state index in [9.17, 15) is 4.79 Å². The Bertz CT molecular complexity index is 988. The third-order valence-electron chi connectivity index (χ3n) is 4.70. The molecule has 0 saturated heterocycles. The van der Waals surface area contributed by atoms with E-state index in [0.717, 1.165) is 11.1 Å². The van der Waals surface area contributed by atoms with Gasteiger partial charge in [-0.15, -0.1) is 5.10 Å². The Morgan fingerprint density at radius 2 is 1.93 bits per heavy atom. The number of benzene rings is 2. The van der Waals surface area contributed by atoms with Crippen LogP contribution in [0.25, 0.3) is 0 Å². The molecule has 0 radical (unpaired) electrons. The summed E-state index contributed by atoms with van der Waals surface area (Å²) in [4.78, 5) is 14.7. The highest BCUT2D eigenvalue weighted by Crippen LogP contribution is 2.29. The normalized spacial score (nSPS) is 13.4. The molecular weight excluding hydrogens is 378 g/mol. The summed E-state index contributed by atoms with van der Waals surface area (Å²) in [5.41, 5.74) is 2.42. The van der Waals surface area contributed by atoms with Gasteiger partial charge in [-0.3, -0.25) is 9.48 Å². The first-order valence-corrected chi connectivity index (χ1v) is 9.38. The number of halogens is 1. The highest BCUT2D eigenvalue weighted by atomic mass is 35.5. The molecule has 2 aromatic carbocycles. The minimum absolute atomic E-state index is 0.0906. The predicted octanol–water partition coefficient (Wildman–Crippen LogP) is 3.78. The zero-order valence-corrected chi connectivity index (χ0v) is 16.2. The molecule has 1 aliphatic heterocycles. The van der Waals surface area contributed by atoms with Crippen LogP contribution in [-0.2, 0) is 19.7 Å². The van der Waals surface area contributed by atoms with Crippen LogP contribution in [0.15, 0.2) is 54.6 Å². The van der Waals surface area contributed by atoms with Crippen LogP contribution >= 0.6 is 11.6 Å². The minimum atomic E-state index is -0.0906. The van der Waals surface area contributed by atoms with Crippen molar-refractivity contribution in [1.82, 2.24) is 14.7 Å². The van der Waals surface area contributed by atoms with E-state index in [0.29, 0.717) is 48.6 Å². The Morgan fingerprint density at radius 1 is 1.11 bits per heavy atom. The topological polar surface area (TPSA) is 56.6 Å². The summed E-state index contributed by atoms with van der Waals surface area (Å²) in [5, 5.41) is 4.93. The lowest BCUT2D eigenvalue weighted by Gasteiger charge is -2.27. The van der Waals surface area contributed by atoms with Crippen molar-refractivity contribution in [1.29, 1.82) is 0 Å². The Hall–Kier alpha value is -2.99. The number of amides is 1. The molecule has 3 aromatic rings. The van der Waals surface area contributed by atoms with Crippen molar-refractivity contribution in [2.75, 3.05) is 13.7 Å². The number of hydrogen-bond donors (Lipinski definition) is 0. The van der Waals surface area contributed by atoms with Crippen molar-refractivity contribution in [3.8, 4) is 11.6 Å². The fraction of sp³-hybridized carbons (Fsp3) is 0.238. The molecule has 0 saturated carbocycles. The molecule has 144 valence electrons. The lowest BCUT2D eigenvalue weighted by Crippen LogP contribution is -2.39. The van der Waals surface area contributed by atoms with Gasteiger partial charge in [0.1, 0.15) is 18.1 Å². The molecule has 28 heavy (non-hydrogen) atoms. The summed E-state index contributed by atoms with van der Waals surface area (Å²) in [6.07, 6.45) is 0. The van der Waals surface area contributed by atoms with Gasteiger partial charge in [0, 0.05) is 19.2 Å². The summed E-state index contributed by atoms with van der Waals surface area (Å²) < 4.78 is 12.7. The first-order chi connectivity index (χ1) is 13.7. The minimum Gasteiger partial charge on any atom is -0.495 e. The number of rotatable bonds is 6. The van der Waals surface area contributed by atoms with Gasteiger partial charge in [0.2, 0.25) is 5.88 Å². The van der Waals surface area contributed by atoms with Gasteiger partial charge in [0.15, 0.2) is 0 Å². The first-order valence-electron chi connectivity index (χ1n) is 9.01. The second-order valence-corrected chi connectivity index (χ2v) is 6.90. The number of carbonyl (C=O) groups excluding carboxylic acids is 1. The molecule has 0 N–H and O–H groups in total. The maximum Gasteiger partial charge on any atom is 0.272 e. The molecular formula is C21H20ClN3O3. The number of hydrogen-bond acceptors (Lipinski definition) is 4. The number of carbonyl (C=O) groups is 1. The summed E-state index contributed by atoms with van der Waals surface area (Å²) in [6.45, 7) is 1.99. The zero-order chi connectivity index (χ0) is 19.5. The lowest BCUT2D eigenvalue weighted by molar-refractivity contribution is 0.0683. The molecule has 1 aromatic heterocycles. The number of fused-ring (bicyclic) bond motifs is 1. The van der Waals surface area contributed by atoms with Crippen LogP contribution in [0.4, 0.5) is 0 Å². The molecule has 0 aliphatic carbocycles. The van der Waals surface area contributed by atoms with E-state index < -0.39 is 0 Å². The van der Waals surface area contributed by atoms with Crippen molar-refractivity contribution in [3.63, 3.8) is 0 Å². The van der Waals surface area contributed by atoms with Gasteiger partial charge >= 0.3 is 0 Å². The number of aromatic nitrogens is 2. The second-order valence-electron chi connectivity index (χ2n) is 6.53. The van der Waals surface area contributed by atoms with E-state index in [-0.39, 0.29) is 5.91 Å². The van der Waals surface area contributed by atoms with E-state index in [2.05, 4.69) is 5.10 Å². The summed E-state index contributed by atoms with van der Waals surface area (Å²) >= 11 is 6.38. The van der Waals surface area contributed by atoms with Crippen molar-refractivity contribution < 1.29 is 14.3 Å². The maximum atomic E-state index is 12.9. The van der Waals surface area contributed by atoms with Crippen LogP contribution in [0.2, 0.25) is 5.02 Å². The lowest BCUT2D eigenvalue weighted by atomic mass is 10.1. The average Bonchev–Trinajstić information content (AvgIpc) is 3.15. The third kappa shape index (κ3) is 3.68. The summed E-state index contributed by atoms with van der Waals surface area (Å²) in [5.74, 6) is 0.964. The van der Waals surface area contributed by atoms with Crippen molar-refractivity contribution >= 4 is 17.5 Å². The smallest absolute Gasteiger partial charge is 0.272 e. The highest BCUT2D eigenvalue weighted by molar-refractivity contribution is 6.32. The second kappa shape index (κ2) is 7.94. The Morgan fingerprint density at radius 3 is 2.71 bits per heavy atom. The summed E-state index contributed by atoms with van der Waals surface area (Å²) in [7, 11) is 1.58. The summed E-state index contributed by atoms with van der Waals surface area (Å²) in [6, 6.07) is 17.1. The fourth-order valence-corrected chi connectivity index (χ4v) is 3.47. The van der Waals surface area contributed by atoms with Crippen LogP contribution in [0.5, 0.6) is 11.6 Å². The van der Waals surface area contributed by atoms with Crippen LogP contribution < -0.4 is 9.47 Å². The molecule has 2 heterocycles. The zero-order valence-electron chi connectivity index (χ0n) is 15.5. The largest absolute Gasteiger partial charge is 0.495 e. The third-order valence-corrected chi connectivity index (χ3v) is 5.13.